The summed E-state index contributed by atoms with van der Waals surface area (Å²) in [5, 5.41) is 0. The smallest absolute Gasteiger partial charge is 0.172 e. The molecule has 0 aromatic heterocycles. The number of Topliss-reactive ketones (excluding diaryl/α,β-unsaturated/α-hetero) is 1. The number of rotatable bonds is 4. The first kappa shape index (κ1) is 11.7. The summed E-state index contributed by atoms with van der Waals surface area (Å²) in [6.07, 6.45) is -0.194. The van der Waals surface area contributed by atoms with Crippen LogP contribution >= 0.6 is 0 Å². The summed E-state index contributed by atoms with van der Waals surface area (Å²) in [7, 11) is 0. The number of aryl methyl sites for hydroxylation is 1. The fourth-order valence-electron chi connectivity index (χ4n) is 1.24. The number of carbonyl (C=O) groups is 1. The Morgan fingerprint density at radius 2 is 2.20 bits per heavy atom. The summed E-state index contributed by atoms with van der Waals surface area (Å²) in [6.45, 7) is 5.24. The Morgan fingerprint density at radius 3 is 2.80 bits per heavy atom. The van der Waals surface area contributed by atoms with Gasteiger partial charge in [-0.25, -0.2) is 4.39 Å². The molecule has 0 N–H and O–H groups in total. The molecule has 0 saturated carbocycles. The van der Waals surface area contributed by atoms with E-state index in [1.54, 1.807) is 26.0 Å². The fraction of sp³-hybridized carbons (Fsp3) is 0.417. The number of hydrogen-bond donors (Lipinski definition) is 0. The summed E-state index contributed by atoms with van der Waals surface area (Å²) in [5.74, 6) is -0.323. The van der Waals surface area contributed by atoms with Crippen molar-refractivity contribution in [2.45, 2.75) is 33.3 Å². The van der Waals surface area contributed by atoms with E-state index in [-0.39, 0.29) is 11.5 Å². The van der Waals surface area contributed by atoms with Crippen LogP contribution in [-0.2, 0) is 4.79 Å². The molecule has 1 aromatic rings. The van der Waals surface area contributed by atoms with Crippen LogP contribution in [0.2, 0.25) is 0 Å². The molecule has 0 spiro atoms. The van der Waals surface area contributed by atoms with Gasteiger partial charge in [0.1, 0.15) is 0 Å². The van der Waals surface area contributed by atoms with Gasteiger partial charge in [-0.2, -0.15) is 0 Å². The lowest BCUT2D eigenvalue weighted by Crippen LogP contribution is -2.23. The van der Waals surface area contributed by atoms with Crippen LogP contribution in [0, 0.1) is 12.7 Å². The number of hydrogen-bond acceptors (Lipinski definition) is 2. The predicted molar refractivity (Wildman–Crippen MR) is 56.5 cm³/mol. The van der Waals surface area contributed by atoms with Gasteiger partial charge >= 0.3 is 0 Å². The van der Waals surface area contributed by atoms with Gasteiger partial charge in [0.2, 0.25) is 0 Å². The predicted octanol–water partition coefficient (Wildman–Crippen LogP) is 2.88. The molecule has 0 fully saturated rings. The standard InChI is InChI=1S/C12H15FO2/c1-4-11(14)9(3)15-12-7-8(2)5-6-10(12)13/h5-7,9H,4H2,1-3H3. The van der Waals surface area contributed by atoms with Gasteiger partial charge in [-0.1, -0.05) is 13.0 Å². The van der Waals surface area contributed by atoms with Gasteiger partial charge in [0.05, 0.1) is 0 Å². The lowest BCUT2D eigenvalue weighted by atomic mass is 10.2. The van der Waals surface area contributed by atoms with Gasteiger partial charge in [-0.05, 0) is 31.5 Å². The maximum absolute atomic E-state index is 13.3. The van der Waals surface area contributed by atoms with Crippen molar-refractivity contribution in [3.05, 3.63) is 29.6 Å². The highest BCUT2D eigenvalue weighted by molar-refractivity contribution is 5.82. The van der Waals surface area contributed by atoms with E-state index in [0.29, 0.717) is 6.42 Å². The van der Waals surface area contributed by atoms with Crippen LogP contribution in [-0.4, -0.2) is 11.9 Å². The highest BCUT2D eigenvalue weighted by Crippen LogP contribution is 2.20. The summed E-state index contributed by atoms with van der Waals surface area (Å²) in [4.78, 5) is 11.3. The molecule has 0 aliphatic carbocycles. The number of halogens is 1. The van der Waals surface area contributed by atoms with Crippen molar-refractivity contribution in [2.75, 3.05) is 0 Å². The number of carbonyl (C=O) groups excluding carboxylic acids is 1. The van der Waals surface area contributed by atoms with Crippen molar-refractivity contribution in [3.63, 3.8) is 0 Å². The van der Waals surface area contributed by atoms with E-state index in [1.807, 2.05) is 6.92 Å². The molecule has 0 heterocycles. The fourth-order valence-corrected chi connectivity index (χ4v) is 1.24. The minimum absolute atomic E-state index is 0.0316. The summed E-state index contributed by atoms with van der Waals surface area (Å²) in [5.41, 5.74) is 0.905. The van der Waals surface area contributed by atoms with Crippen LogP contribution in [0.15, 0.2) is 18.2 Å². The van der Waals surface area contributed by atoms with Gasteiger partial charge in [-0.3, -0.25) is 4.79 Å². The first-order chi connectivity index (χ1) is 7.04. The Hall–Kier alpha value is -1.38. The Bertz CT molecular complexity index is 361. The van der Waals surface area contributed by atoms with Gasteiger partial charge < -0.3 is 4.74 Å². The first-order valence-electron chi connectivity index (χ1n) is 5.00. The topological polar surface area (TPSA) is 26.3 Å². The van der Waals surface area contributed by atoms with E-state index in [4.69, 9.17) is 4.74 Å². The van der Waals surface area contributed by atoms with Crippen LogP contribution in [0.1, 0.15) is 25.8 Å². The second kappa shape index (κ2) is 4.91. The molecule has 15 heavy (non-hydrogen) atoms. The van der Waals surface area contributed by atoms with E-state index in [0.717, 1.165) is 5.56 Å². The molecule has 2 nitrogen and oxygen atoms in total. The molecule has 1 rings (SSSR count). The quantitative estimate of drug-likeness (QED) is 0.763. The monoisotopic (exact) mass is 210 g/mol. The van der Waals surface area contributed by atoms with Crippen molar-refractivity contribution >= 4 is 5.78 Å². The van der Waals surface area contributed by atoms with Crippen molar-refractivity contribution in [1.29, 1.82) is 0 Å². The average molecular weight is 210 g/mol. The van der Waals surface area contributed by atoms with Crippen molar-refractivity contribution in [3.8, 4) is 5.75 Å². The molecule has 0 aliphatic rings. The lowest BCUT2D eigenvalue weighted by molar-refractivity contribution is -0.124. The highest BCUT2D eigenvalue weighted by atomic mass is 19.1. The summed E-state index contributed by atoms with van der Waals surface area (Å²) < 4.78 is 18.5. The van der Waals surface area contributed by atoms with E-state index < -0.39 is 11.9 Å². The number of benzene rings is 1. The van der Waals surface area contributed by atoms with E-state index >= 15 is 0 Å². The zero-order chi connectivity index (χ0) is 11.4. The molecular formula is C12H15FO2. The van der Waals surface area contributed by atoms with E-state index in [1.165, 1.54) is 6.07 Å². The summed E-state index contributed by atoms with van der Waals surface area (Å²) in [6, 6.07) is 4.59. The maximum Gasteiger partial charge on any atom is 0.172 e. The molecule has 0 saturated heterocycles. The Balaban J connectivity index is 2.80. The van der Waals surface area contributed by atoms with Crippen molar-refractivity contribution in [2.24, 2.45) is 0 Å². The molecule has 0 radical (unpaired) electrons. The molecule has 3 heteroatoms. The Morgan fingerprint density at radius 1 is 1.53 bits per heavy atom. The minimum atomic E-state index is -0.591. The molecule has 0 amide bonds. The van der Waals surface area contributed by atoms with Crippen LogP contribution < -0.4 is 4.74 Å². The molecule has 1 aromatic carbocycles. The second-order valence-electron chi connectivity index (χ2n) is 3.51. The molecule has 0 aliphatic heterocycles. The second-order valence-corrected chi connectivity index (χ2v) is 3.51. The van der Waals surface area contributed by atoms with Crippen molar-refractivity contribution < 1.29 is 13.9 Å². The highest BCUT2D eigenvalue weighted by Gasteiger charge is 2.14. The van der Waals surface area contributed by atoms with Gasteiger partial charge in [0.15, 0.2) is 23.5 Å². The lowest BCUT2D eigenvalue weighted by Gasteiger charge is -2.13. The zero-order valence-electron chi connectivity index (χ0n) is 9.21. The molecule has 1 unspecified atom stereocenters. The normalized spacial score (nSPS) is 12.3. The number of ketones is 1. The summed E-state index contributed by atoms with van der Waals surface area (Å²) >= 11 is 0. The number of ether oxygens (including phenoxy) is 1. The maximum atomic E-state index is 13.3. The molecule has 82 valence electrons. The van der Waals surface area contributed by atoms with E-state index in [2.05, 4.69) is 0 Å². The van der Waals surface area contributed by atoms with E-state index in [9.17, 15) is 9.18 Å². The molecule has 1 atom stereocenters. The zero-order valence-corrected chi connectivity index (χ0v) is 9.21. The van der Waals surface area contributed by atoms with Gasteiger partial charge in [0.25, 0.3) is 0 Å². The van der Waals surface area contributed by atoms with Crippen LogP contribution in [0.25, 0.3) is 0 Å². The third-order valence-electron chi connectivity index (χ3n) is 2.19. The van der Waals surface area contributed by atoms with Crippen molar-refractivity contribution in [1.82, 2.24) is 0 Å². The van der Waals surface area contributed by atoms with Crippen LogP contribution in [0.4, 0.5) is 4.39 Å². The van der Waals surface area contributed by atoms with Crippen LogP contribution in [0.5, 0.6) is 5.75 Å². The third-order valence-corrected chi connectivity index (χ3v) is 2.19. The van der Waals surface area contributed by atoms with Gasteiger partial charge in [0, 0.05) is 6.42 Å². The SMILES string of the molecule is CCC(=O)C(C)Oc1cc(C)ccc1F. The Labute approximate surface area is 89.1 Å². The van der Waals surface area contributed by atoms with Crippen LogP contribution in [0.3, 0.4) is 0 Å². The Kier molecular flexibility index (Phi) is 3.83. The molecule has 0 bridgehead atoms. The third kappa shape index (κ3) is 3.05. The van der Waals surface area contributed by atoms with Gasteiger partial charge in [-0.15, -0.1) is 0 Å². The molecular weight excluding hydrogens is 195 g/mol. The first-order valence-corrected chi connectivity index (χ1v) is 5.00. The average Bonchev–Trinajstić information content (AvgIpc) is 2.22. The largest absolute Gasteiger partial charge is 0.480 e. The minimum Gasteiger partial charge on any atom is -0.480 e.